The van der Waals surface area contributed by atoms with Gasteiger partial charge in [-0.2, -0.15) is 4.68 Å². The predicted molar refractivity (Wildman–Crippen MR) is 84.2 cm³/mol. The smallest absolute Gasteiger partial charge is 0.253 e. The van der Waals surface area contributed by atoms with Crippen molar-refractivity contribution < 1.29 is 4.79 Å². The molecule has 7 heteroatoms. The van der Waals surface area contributed by atoms with Crippen molar-refractivity contribution in [2.45, 2.75) is 13.3 Å². The first kappa shape index (κ1) is 14.8. The summed E-state index contributed by atoms with van der Waals surface area (Å²) in [5.74, 6) is 0.478. The van der Waals surface area contributed by atoms with E-state index in [2.05, 4.69) is 25.8 Å². The number of tetrazole rings is 1. The van der Waals surface area contributed by atoms with Crippen LogP contribution in [0.1, 0.15) is 21.7 Å². The molecule has 3 aromatic rings. The van der Waals surface area contributed by atoms with Crippen molar-refractivity contribution in [3.05, 3.63) is 65.7 Å². The van der Waals surface area contributed by atoms with Crippen molar-refractivity contribution in [1.82, 2.24) is 30.5 Å². The van der Waals surface area contributed by atoms with Gasteiger partial charge in [-0.05, 0) is 53.6 Å². The summed E-state index contributed by atoms with van der Waals surface area (Å²) in [7, 11) is 0. The van der Waals surface area contributed by atoms with Crippen molar-refractivity contribution in [3.8, 4) is 5.69 Å². The summed E-state index contributed by atoms with van der Waals surface area (Å²) < 4.78 is 1.55. The van der Waals surface area contributed by atoms with Gasteiger partial charge in [0.25, 0.3) is 5.91 Å². The van der Waals surface area contributed by atoms with Crippen LogP contribution in [0.4, 0.5) is 0 Å². The standard InChI is InChI=1S/C16H16N6O/c1-12-19-20-21-22(12)15-5-3-2-4-14(15)16(23)18-11-8-13-6-9-17-10-7-13/h2-7,9-10H,8,11H2,1H3,(H,18,23). The van der Waals surface area contributed by atoms with E-state index in [1.807, 2.05) is 30.3 Å². The van der Waals surface area contributed by atoms with Gasteiger partial charge < -0.3 is 5.32 Å². The number of nitrogens with one attached hydrogen (secondary N) is 1. The third-order valence-corrected chi connectivity index (χ3v) is 3.45. The summed E-state index contributed by atoms with van der Waals surface area (Å²) in [5.41, 5.74) is 2.33. The highest BCUT2D eigenvalue weighted by Gasteiger charge is 2.14. The Morgan fingerprint density at radius 2 is 1.96 bits per heavy atom. The molecule has 0 radical (unpaired) electrons. The quantitative estimate of drug-likeness (QED) is 0.768. The topological polar surface area (TPSA) is 85.6 Å². The molecule has 0 aliphatic heterocycles. The summed E-state index contributed by atoms with van der Waals surface area (Å²) >= 11 is 0. The molecular weight excluding hydrogens is 292 g/mol. The normalized spacial score (nSPS) is 10.5. The van der Waals surface area contributed by atoms with Crippen LogP contribution in [0, 0.1) is 6.92 Å². The highest BCUT2D eigenvalue weighted by Crippen LogP contribution is 2.14. The third kappa shape index (κ3) is 3.39. The van der Waals surface area contributed by atoms with E-state index in [1.165, 1.54) is 0 Å². The molecule has 2 aromatic heterocycles. The Bertz CT molecular complexity index is 799. The number of hydrogen-bond acceptors (Lipinski definition) is 5. The third-order valence-electron chi connectivity index (χ3n) is 3.45. The van der Waals surface area contributed by atoms with Gasteiger partial charge >= 0.3 is 0 Å². The van der Waals surface area contributed by atoms with Crippen molar-refractivity contribution in [1.29, 1.82) is 0 Å². The van der Waals surface area contributed by atoms with E-state index in [1.54, 1.807) is 30.1 Å². The molecule has 0 spiro atoms. The summed E-state index contributed by atoms with van der Waals surface area (Å²) in [5, 5.41) is 14.3. The first-order valence-electron chi connectivity index (χ1n) is 7.27. The average molecular weight is 308 g/mol. The molecule has 0 aliphatic rings. The molecule has 0 unspecified atom stereocenters. The molecule has 0 bridgehead atoms. The second-order valence-electron chi connectivity index (χ2n) is 5.02. The number of pyridine rings is 1. The lowest BCUT2D eigenvalue weighted by molar-refractivity contribution is 0.0954. The Morgan fingerprint density at radius 1 is 1.17 bits per heavy atom. The number of amides is 1. The Balaban J connectivity index is 1.72. The van der Waals surface area contributed by atoms with Crippen LogP contribution in [-0.4, -0.2) is 37.6 Å². The predicted octanol–water partition coefficient (Wildman–Crippen LogP) is 1.34. The molecule has 0 aliphatic carbocycles. The summed E-state index contributed by atoms with van der Waals surface area (Å²) in [6.07, 6.45) is 4.24. The number of carbonyl (C=O) groups excluding carboxylic acids is 1. The summed E-state index contributed by atoms with van der Waals surface area (Å²) in [6.45, 7) is 2.34. The van der Waals surface area contributed by atoms with Gasteiger partial charge in [-0.25, -0.2) is 0 Å². The molecule has 7 nitrogen and oxygen atoms in total. The maximum absolute atomic E-state index is 12.5. The van der Waals surface area contributed by atoms with Crippen LogP contribution in [0.25, 0.3) is 5.69 Å². The number of rotatable bonds is 5. The second kappa shape index (κ2) is 6.78. The molecule has 0 atom stereocenters. The van der Waals surface area contributed by atoms with Crippen LogP contribution in [-0.2, 0) is 6.42 Å². The molecule has 1 N–H and O–H groups in total. The number of nitrogens with zero attached hydrogens (tertiary/aromatic N) is 5. The first-order chi connectivity index (χ1) is 11.3. The fraction of sp³-hybridized carbons (Fsp3) is 0.188. The van der Waals surface area contributed by atoms with Gasteiger partial charge in [0.15, 0.2) is 5.82 Å². The number of hydrogen-bond donors (Lipinski definition) is 1. The first-order valence-corrected chi connectivity index (χ1v) is 7.27. The summed E-state index contributed by atoms with van der Waals surface area (Å²) in [4.78, 5) is 16.4. The van der Waals surface area contributed by atoms with Gasteiger partial charge in [0, 0.05) is 18.9 Å². The zero-order valence-corrected chi connectivity index (χ0v) is 12.7. The second-order valence-corrected chi connectivity index (χ2v) is 5.02. The van der Waals surface area contributed by atoms with Crippen LogP contribution in [0.15, 0.2) is 48.8 Å². The van der Waals surface area contributed by atoms with Crippen LogP contribution in [0.5, 0.6) is 0 Å². The van der Waals surface area contributed by atoms with Crippen LogP contribution >= 0.6 is 0 Å². The maximum atomic E-state index is 12.5. The van der Waals surface area contributed by atoms with E-state index >= 15 is 0 Å². The van der Waals surface area contributed by atoms with Gasteiger partial charge in [0.2, 0.25) is 0 Å². The molecule has 0 saturated carbocycles. The lowest BCUT2D eigenvalue weighted by atomic mass is 10.1. The molecular formula is C16H16N6O. The zero-order valence-electron chi connectivity index (χ0n) is 12.7. The monoisotopic (exact) mass is 308 g/mol. The minimum absolute atomic E-state index is 0.149. The molecule has 1 amide bonds. The number of para-hydroxylation sites is 1. The number of aryl methyl sites for hydroxylation is 1. The van der Waals surface area contributed by atoms with Crippen LogP contribution < -0.4 is 5.32 Å². The van der Waals surface area contributed by atoms with Crippen molar-refractivity contribution >= 4 is 5.91 Å². The molecule has 23 heavy (non-hydrogen) atoms. The summed E-state index contributed by atoms with van der Waals surface area (Å²) in [6, 6.07) is 11.1. The fourth-order valence-electron chi connectivity index (χ4n) is 2.27. The van der Waals surface area contributed by atoms with Crippen molar-refractivity contribution in [2.24, 2.45) is 0 Å². The van der Waals surface area contributed by atoms with E-state index in [-0.39, 0.29) is 5.91 Å². The van der Waals surface area contributed by atoms with Gasteiger partial charge in [-0.15, -0.1) is 5.10 Å². The zero-order chi connectivity index (χ0) is 16.1. The Labute approximate surface area is 133 Å². The molecule has 3 rings (SSSR count). The van der Waals surface area contributed by atoms with E-state index in [0.29, 0.717) is 23.6 Å². The lowest BCUT2D eigenvalue weighted by Crippen LogP contribution is -2.27. The highest BCUT2D eigenvalue weighted by atomic mass is 16.1. The molecule has 0 fully saturated rings. The Hall–Kier alpha value is -3.09. The molecule has 2 heterocycles. The van der Waals surface area contributed by atoms with Gasteiger partial charge in [-0.1, -0.05) is 12.1 Å². The molecule has 1 aromatic carbocycles. The number of aromatic nitrogens is 5. The van der Waals surface area contributed by atoms with E-state index in [9.17, 15) is 4.79 Å². The fourth-order valence-corrected chi connectivity index (χ4v) is 2.27. The van der Waals surface area contributed by atoms with Crippen molar-refractivity contribution in [2.75, 3.05) is 6.54 Å². The van der Waals surface area contributed by atoms with E-state index in [4.69, 9.17) is 0 Å². The van der Waals surface area contributed by atoms with E-state index in [0.717, 1.165) is 12.0 Å². The van der Waals surface area contributed by atoms with Crippen LogP contribution in [0.2, 0.25) is 0 Å². The SMILES string of the molecule is Cc1nnnn1-c1ccccc1C(=O)NCCc1ccncc1. The minimum atomic E-state index is -0.149. The molecule has 116 valence electrons. The largest absolute Gasteiger partial charge is 0.352 e. The van der Waals surface area contributed by atoms with Crippen LogP contribution in [0.3, 0.4) is 0 Å². The molecule has 0 saturated heterocycles. The van der Waals surface area contributed by atoms with E-state index < -0.39 is 0 Å². The number of carbonyl (C=O) groups is 1. The Kier molecular flexibility index (Phi) is 4.37. The number of benzene rings is 1. The van der Waals surface area contributed by atoms with Gasteiger partial charge in [-0.3, -0.25) is 9.78 Å². The Morgan fingerprint density at radius 3 is 2.70 bits per heavy atom. The van der Waals surface area contributed by atoms with Gasteiger partial charge in [0.05, 0.1) is 11.3 Å². The van der Waals surface area contributed by atoms with Gasteiger partial charge in [0.1, 0.15) is 0 Å². The minimum Gasteiger partial charge on any atom is -0.352 e. The lowest BCUT2D eigenvalue weighted by Gasteiger charge is -2.10. The highest BCUT2D eigenvalue weighted by molar-refractivity contribution is 5.97. The average Bonchev–Trinajstić information content (AvgIpc) is 3.01. The van der Waals surface area contributed by atoms with Crippen molar-refractivity contribution in [3.63, 3.8) is 0 Å². The maximum Gasteiger partial charge on any atom is 0.253 e.